The van der Waals surface area contributed by atoms with Crippen molar-refractivity contribution in [3.8, 4) is 0 Å². The van der Waals surface area contributed by atoms with Crippen molar-refractivity contribution in [2.75, 3.05) is 26.2 Å². The quantitative estimate of drug-likeness (QED) is 0.840. The lowest BCUT2D eigenvalue weighted by molar-refractivity contribution is 0.0713. The van der Waals surface area contributed by atoms with E-state index in [0.29, 0.717) is 31.6 Å². The van der Waals surface area contributed by atoms with Crippen LogP contribution < -0.4 is 0 Å². The Labute approximate surface area is 143 Å². The highest BCUT2D eigenvalue weighted by atomic mass is 19.1. The largest absolute Gasteiger partial charge is 0.337 e. The average Bonchev–Trinajstić information content (AvgIpc) is 2.88. The SMILES string of the molecule is O=C(c1ccncc1)N1CCCN(C(=O)c2c(F)cccc2F)CC1. The van der Waals surface area contributed by atoms with Crippen LogP contribution >= 0.6 is 0 Å². The smallest absolute Gasteiger partial charge is 0.259 e. The summed E-state index contributed by atoms with van der Waals surface area (Å²) in [6.07, 6.45) is 3.63. The van der Waals surface area contributed by atoms with Crippen LogP contribution in [0.3, 0.4) is 0 Å². The lowest BCUT2D eigenvalue weighted by atomic mass is 10.1. The van der Waals surface area contributed by atoms with E-state index in [1.807, 2.05) is 0 Å². The molecule has 1 saturated heterocycles. The zero-order chi connectivity index (χ0) is 17.8. The molecule has 2 amide bonds. The highest BCUT2D eigenvalue weighted by Crippen LogP contribution is 2.17. The first-order valence-electron chi connectivity index (χ1n) is 8.00. The molecule has 1 aromatic carbocycles. The van der Waals surface area contributed by atoms with Gasteiger partial charge in [0.1, 0.15) is 17.2 Å². The molecule has 0 bridgehead atoms. The molecule has 1 aromatic heterocycles. The third-order valence-electron chi connectivity index (χ3n) is 4.17. The summed E-state index contributed by atoms with van der Waals surface area (Å²) in [4.78, 5) is 31.9. The van der Waals surface area contributed by atoms with Gasteiger partial charge >= 0.3 is 0 Å². The van der Waals surface area contributed by atoms with E-state index in [4.69, 9.17) is 0 Å². The molecule has 2 heterocycles. The Morgan fingerprint density at radius 2 is 1.40 bits per heavy atom. The van der Waals surface area contributed by atoms with Gasteiger partial charge in [-0.25, -0.2) is 8.78 Å². The summed E-state index contributed by atoms with van der Waals surface area (Å²) in [6.45, 7) is 1.35. The Kier molecular flexibility index (Phi) is 5.02. The van der Waals surface area contributed by atoms with Crippen molar-refractivity contribution < 1.29 is 18.4 Å². The number of carbonyl (C=O) groups is 2. The fourth-order valence-electron chi connectivity index (χ4n) is 2.86. The van der Waals surface area contributed by atoms with Crippen molar-refractivity contribution in [2.45, 2.75) is 6.42 Å². The van der Waals surface area contributed by atoms with Crippen LogP contribution in [0.5, 0.6) is 0 Å². The van der Waals surface area contributed by atoms with Crippen molar-refractivity contribution >= 4 is 11.8 Å². The number of hydrogen-bond donors (Lipinski definition) is 0. The molecule has 3 rings (SSSR count). The van der Waals surface area contributed by atoms with Crippen LogP contribution in [0.15, 0.2) is 42.7 Å². The van der Waals surface area contributed by atoms with Gasteiger partial charge in [0.15, 0.2) is 0 Å². The normalized spacial score (nSPS) is 15.0. The van der Waals surface area contributed by atoms with Crippen LogP contribution in [0.25, 0.3) is 0 Å². The van der Waals surface area contributed by atoms with Gasteiger partial charge in [-0.2, -0.15) is 0 Å². The Bertz CT molecular complexity index is 763. The second-order valence-electron chi connectivity index (χ2n) is 5.77. The van der Waals surface area contributed by atoms with Crippen LogP contribution in [0, 0.1) is 11.6 Å². The molecular weight excluding hydrogens is 328 g/mol. The standard InChI is InChI=1S/C18H17F2N3O2/c19-14-3-1-4-15(20)16(14)18(25)23-10-2-9-22(11-12-23)17(24)13-5-7-21-8-6-13/h1,3-8H,2,9-12H2. The number of hydrogen-bond acceptors (Lipinski definition) is 3. The van der Waals surface area contributed by atoms with E-state index < -0.39 is 23.1 Å². The van der Waals surface area contributed by atoms with Crippen LogP contribution in [-0.4, -0.2) is 52.8 Å². The number of aromatic nitrogens is 1. The first-order valence-corrected chi connectivity index (χ1v) is 8.00. The van der Waals surface area contributed by atoms with Crippen LogP contribution in [0.4, 0.5) is 8.78 Å². The molecule has 5 nitrogen and oxygen atoms in total. The van der Waals surface area contributed by atoms with E-state index in [1.54, 1.807) is 29.4 Å². The van der Waals surface area contributed by atoms with Gasteiger partial charge in [-0.1, -0.05) is 6.07 Å². The number of benzene rings is 1. The maximum Gasteiger partial charge on any atom is 0.259 e. The third-order valence-corrected chi connectivity index (χ3v) is 4.17. The summed E-state index contributed by atoms with van der Waals surface area (Å²) in [6, 6.07) is 6.61. The fraction of sp³-hybridized carbons (Fsp3) is 0.278. The monoisotopic (exact) mass is 345 g/mol. The molecule has 2 aromatic rings. The van der Waals surface area contributed by atoms with E-state index in [2.05, 4.69) is 4.98 Å². The van der Waals surface area contributed by atoms with Crippen molar-refractivity contribution in [1.29, 1.82) is 0 Å². The lowest BCUT2D eigenvalue weighted by Gasteiger charge is -2.22. The highest BCUT2D eigenvalue weighted by molar-refractivity contribution is 5.95. The summed E-state index contributed by atoms with van der Waals surface area (Å²) < 4.78 is 27.7. The molecule has 0 saturated carbocycles. The number of rotatable bonds is 2. The van der Waals surface area contributed by atoms with Crippen molar-refractivity contribution in [2.24, 2.45) is 0 Å². The Balaban J connectivity index is 1.71. The maximum atomic E-state index is 13.8. The summed E-state index contributed by atoms with van der Waals surface area (Å²) in [5.41, 5.74) is -0.0219. The molecule has 0 spiro atoms. The molecule has 1 fully saturated rings. The zero-order valence-corrected chi connectivity index (χ0v) is 13.5. The Morgan fingerprint density at radius 3 is 2.00 bits per heavy atom. The first kappa shape index (κ1) is 17.0. The van der Waals surface area contributed by atoms with Crippen molar-refractivity contribution in [3.05, 3.63) is 65.5 Å². The molecule has 7 heteroatoms. The summed E-state index contributed by atoms with van der Waals surface area (Å²) >= 11 is 0. The summed E-state index contributed by atoms with van der Waals surface area (Å²) in [5, 5.41) is 0. The van der Waals surface area contributed by atoms with Crippen LogP contribution in [-0.2, 0) is 0 Å². The Morgan fingerprint density at radius 1 is 0.840 bits per heavy atom. The number of halogens is 2. The molecule has 1 aliphatic rings. The molecule has 25 heavy (non-hydrogen) atoms. The number of amides is 2. The zero-order valence-electron chi connectivity index (χ0n) is 13.5. The molecule has 0 atom stereocenters. The van der Waals surface area contributed by atoms with Gasteiger partial charge in [-0.15, -0.1) is 0 Å². The minimum atomic E-state index is -0.876. The molecule has 0 unspecified atom stereocenters. The molecular formula is C18H17F2N3O2. The lowest BCUT2D eigenvalue weighted by Crippen LogP contribution is -2.38. The van der Waals surface area contributed by atoms with Gasteiger partial charge in [-0.05, 0) is 30.7 Å². The minimum absolute atomic E-state index is 0.145. The van der Waals surface area contributed by atoms with E-state index in [-0.39, 0.29) is 12.5 Å². The van der Waals surface area contributed by atoms with Gasteiger partial charge in [-0.3, -0.25) is 14.6 Å². The van der Waals surface area contributed by atoms with E-state index >= 15 is 0 Å². The van der Waals surface area contributed by atoms with E-state index in [0.717, 1.165) is 12.1 Å². The molecule has 0 radical (unpaired) electrons. The fourth-order valence-corrected chi connectivity index (χ4v) is 2.86. The second-order valence-corrected chi connectivity index (χ2v) is 5.77. The van der Waals surface area contributed by atoms with Gasteiger partial charge < -0.3 is 9.80 Å². The third kappa shape index (κ3) is 3.65. The molecule has 1 aliphatic heterocycles. The van der Waals surface area contributed by atoms with Gasteiger partial charge in [0.05, 0.1) is 0 Å². The number of nitrogens with zero attached hydrogens (tertiary/aromatic N) is 3. The minimum Gasteiger partial charge on any atom is -0.337 e. The topological polar surface area (TPSA) is 53.5 Å². The second kappa shape index (κ2) is 7.38. The van der Waals surface area contributed by atoms with E-state index in [1.165, 1.54) is 11.0 Å². The van der Waals surface area contributed by atoms with Crippen LogP contribution in [0.2, 0.25) is 0 Å². The highest BCUT2D eigenvalue weighted by Gasteiger charge is 2.26. The predicted molar refractivity (Wildman–Crippen MR) is 87.0 cm³/mol. The Hall–Kier alpha value is -2.83. The number of carbonyl (C=O) groups excluding carboxylic acids is 2. The van der Waals surface area contributed by atoms with Gasteiger partial charge in [0.2, 0.25) is 0 Å². The molecule has 130 valence electrons. The van der Waals surface area contributed by atoms with Gasteiger partial charge in [0.25, 0.3) is 11.8 Å². The molecule has 0 aliphatic carbocycles. The summed E-state index contributed by atoms with van der Waals surface area (Å²) in [7, 11) is 0. The van der Waals surface area contributed by atoms with E-state index in [9.17, 15) is 18.4 Å². The predicted octanol–water partition coefficient (Wildman–Crippen LogP) is 2.35. The van der Waals surface area contributed by atoms with Crippen LogP contribution in [0.1, 0.15) is 27.1 Å². The maximum absolute atomic E-state index is 13.8. The first-order chi connectivity index (χ1) is 12.1. The van der Waals surface area contributed by atoms with Crippen molar-refractivity contribution in [3.63, 3.8) is 0 Å². The van der Waals surface area contributed by atoms with Crippen molar-refractivity contribution in [1.82, 2.24) is 14.8 Å². The average molecular weight is 345 g/mol. The van der Waals surface area contributed by atoms with Gasteiger partial charge in [0, 0.05) is 44.1 Å². The summed E-state index contributed by atoms with van der Waals surface area (Å²) in [5.74, 6) is -2.58. The number of pyridine rings is 1. The molecule has 0 N–H and O–H groups in total.